The van der Waals surface area contributed by atoms with Gasteiger partial charge < -0.3 is 41.2 Å². The van der Waals surface area contributed by atoms with Crippen LogP contribution >= 0.6 is 0 Å². The van der Waals surface area contributed by atoms with Gasteiger partial charge in [0.2, 0.25) is 0 Å². The van der Waals surface area contributed by atoms with Crippen LogP contribution in [0.4, 0.5) is 0 Å². The highest BCUT2D eigenvalue weighted by molar-refractivity contribution is 6.95. The summed E-state index contributed by atoms with van der Waals surface area (Å²) in [7, 11) is -26.1. The molecule has 520 valence electrons. The third-order valence-electron chi connectivity index (χ3n) is 10.3. The molecule has 0 saturated carbocycles. The second-order valence-electron chi connectivity index (χ2n) is 39.1. The van der Waals surface area contributed by atoms with E-state index in [1.165, 1.54) is 12.1 Å². The second kappa shape index (κ2) is 37.1. The van der Waals surface area contributed by atoms with E-state index in [0.717, 1.165) is 0 Å². The van der Waals surface area contributed by atoms with Gasteiger partial charge >= 0.3 is 69.9 Å². The van der Waals surface area contributed by atoms with E-state index in [1.807, 2.05) is 13.1 Å². The molecule has 2 heterocycles. The highest BCUT2D eigenvalue weighted by Gasteiger charge is 2.50. The van der Waals surface area contributed by atoms with Gasteiger partial charge in [-0.15, -0.1) is 0 Å². The Bertz CT molecular complexity index is 1730. The Morgan fingerprint density at radius 2 is 0.453 bits per heavy atom. The maximum Gasteiger partial charge on any atom is 0.314 e. The Morgan fingerprint density at radius 1 is 0.291 bits per heavy atom. The van der Waals surface area contributed by atoms with Gasteiger partial charge in [0.15, 0.2) is 33.3 Å². The van der Waals surface area contributed by atoms with Crippen LogP contribution in [0.5, 0.6) is 0 Å². The van der Waals surface area contributed by atoms with Crippen LogP contribution < -0.4 is 10.4 Å². The van der Waals surface area contributed by atoms with E-state index < -0.39 is 160 Å². The molecular weight excluding hydrogens is 1380 g/mol. The van der Waals surface area contributed by atoms with Crippen LogP contribution in [-0.4, -0.2) is 160 Å². The maximum atomic E-state index is 6.16. The lowest BCUT2D eigenvalue weighted by Gasteiger charge is -2.46. The molecule has 0 spiro atoms. The largest absolute Gasteiger partial charge is 0.456 e. The van der Waals surface area contributed by atoms with E-state index in [9.17, 15) is 0 Å². The van der Waals surface area contributed by atoms with Crippen LogP contribution in [0.25, 0.3) is 0 Å². The minimum atomic E-state index is -2.11. The number of hydrogen-bond acceptors (Lipinski definition) is 10. The van der Waals surface area contributed by atoms with Crippen molar-refractivity contribution < 1.29 is 41.2 Å². The Hall–Kier alpha value is 2.94. The zero-order valence-corrected chi connectivity index (χ0v) is 86.5. The summed E-state index contributed by atoms with van der Waals surface area (Å²) in [5, 5.41) is 3.14. The molecule has 2 aliphatic rings. The van der Waals surface area contributed by atoms with Crippen molar-refractivity contribution >= 4 is 170 Å². The van der Waals surface area contributed by atoms with Crippen LogP contribution in [-0.2, 0) is 41.2 Å². The minimum Gasteiger partial charge on any atom is -0.456 e. The first-order valence-electron chi connectivity index (χ1n) is 32.6. The maximum absolute atomic E-state index is 6.16. The number of benzene rings is 1. The summed E-state index contributed by atoms with van der Waals surface area (Å²) in [6.45, 7) is 109. The average molecular weight is 1540 g/mol. The zero-order valence-electron chi connectivity index (χ0n) is 67.2. The molecule has 1 aromatic carbocycles. The summed E-state index contributed by atoms with van der Waals surface area (Å²) in [6, 6.07) is 12.4. The third kappa shape index (κ3) is 72.8. The SMILES string of the molecule is C[SiH]1O[Si](C)(C)O[SiH](C)O[Si](C)(C)O1.C[Si](C)(C)C.C[Si](C)(C)CC[Si](C)(C)C.C[Si](C)(C)C[Si](C)(C)C.C[Si](C)(C)O[Si](C)(C)C.C[Si](C)(C)O[Si](C)(C)C.C[Si](C)(C)c1ccc([Si](C)(C)C)cc1.C[Si]1(C)O[Si](C)(C)O[Si](C)(C)O[Si](C)(C)O1. The van der Waals surface area contributed by atoms with Crippen molar-refractivity contribution in [2.75, 3.05) is 0 Å². The third-order valence-corrected chi connectivity index (χ3v) is 66.8. The van der Waals surface area contributed by atoms with E-state index in [0.29, 0.717) is 0 Å². The Labute approximate surface area is 562 Å². The molecule has 0 N–H and O–H groups in total. The van der Waals surface area contributed by atoms with Gasteiger partial charge in [0.05, 0.1) is 16.1 Å². The van der Waals surface area contributed by atoms with E-state index in [1.54, 1.807) is 16.0 Å². The Kier molecular flexibility index (Phi) is 42.1. The van der Waals surface area contributed by atoms with Crippen molar-refractivity contribution in [3.8, 4) is 0 Å². The van der Waals surface area contributed by atoms with Gasteiger partial charge in [0.25, 0.3) is 0 Å². The van der Waals surface area contributed by atoms with Crippen molar-refractivity contribution in [1.82, 2.24) is 0 Å². The van der Waals surface area contributed by atoms with E-state index in [-0.39, 0.29) is 0 Å². The van der Waals surface area contributed by atoms with Crippen molar-refractivity contribution in [1.29, 1.82) is 0 Å². The van der Waals surface area contributed by atoms with Crippen molar-refractivity contribution in [2.24, 2.45) is 0 Å². The second-order valence-corrected chi connectivity index (χ2v) is 123. The van der Waals surface area contributed by atoms with Gasteiger partial charge in [-0.2, -0.15) is 0 Å². The fourth-order valence-corrected chi connectivity index (χ4v) is 82.2. The summed E-state index contributed by atoms with van der Waals surface area (Å²) in [5.74, 6) is 0. The topological polar surface area (TPSA) is 92.3 Å². The molecule has 2 aliphatic heterocycles. The summed E-state index contributed by atoms with van der Waals surface area (Å²) in [5.41, 5.74) is 1.57. The quantitative estimate of drug-likeness (QED) is 0.200. The molecule has 0 radical (unpaired) electrons. The van der Waals surface area contributed by atoms with Crippen LogP contribution in [0.2, 0.25) is 332 Å². The molecule has 1 aromatic rings. The van der Waals surface area contributed by atoms with Crippen LogP contribution in [0.1, 0.15) is 0 Å². The predicted octanol–water partition coefficient (Wildman–Crippen LogP) is 21.0. The molecule has 0 amide bonds. The molecule has 0 bridgehead atoms. The van der Waals surface area contributed by atoms with Gasteiger partial charge in [-0.1, -0.05) is 196 Å². The molecule has 0 atom stereocenters. The first kappa shape index (κ1) is 97.6. The lowest BCUT2D eigenvalue weighted by atomic mass is 10.4. The molecule has 2 fully saturated rings. The summed E-state index contributed by atoms with van der Waals surface area (Å²) >= 11 is 0. The van der Waals surface area contributed by atoms with Crippen LogP contribution in [0, 0.1) is 0 Å². The van der Waals surface area contributed by atoms with Gasteiger partial charge in [-0.25, -0.2) is 0 Å². The Morgan fingerprint density at radius 3 is 0.547 bits per heavy atom. The zero-order chi connectivity index (χ0) is 70.8. The lowest BCUT2D eigenvalue weighted by Crippen LogP contribution is -2.64. The highest BCUT2D eigenvalue weighted by atomic mass is 28.5. The van der Waals surface area contributed by atoms with E-state index >= 15 is 0 Å². The standard InChI is InChI=1S/C12H22Si2.C8H24O4Si4.C8H22Si2.C7H20Si2.C6H20O4Si4.2C6H18OSi2.C4H12Si/c1-13(2,3)11-7-9-12(10-8-11)14(4,5)6;1-13(2)9-14(3,4)11-16(7,8)12-15(5,6)10-13;1-9(2,3)7-8-10(4,5)6;1-8(2,3)7-9(4,5)6;1-11-7-13(3,4)9-12(2)10-14(5,6)8-11;2*1-8(2,3)7-9(4,5)6;1-5(2,3)4/h7-10H,1-6H3;1-8H3;7-8H2,1-6H3;7H2,1-6H3;11-12H,1-6H3;2*1-6H3;1-4H3. The minimum absolute atomic E-state index is 0.611. The summed E-state index contributed by atoms with van der Waals surface area (Å²) < 4.78 is 60.1. The van der Waals surface area contributed by atoms with E-state index in [4.69, 9.17) is 41.2 Å². The summed E-state index contributed by atoms with van der Waals surface area (Å²) in [6.07, 6.45) is 0. The molecule has 29 heteroatoms. The molecule has 0 unspecified atom stereocenters. The highest BCUT2D eigenvalue weighted by Crippen LogP contribution is 2.31. The molecule has 0 aromatic heterocycles. The van der Waals surface area contributed by atoms with Gasteiger partial charge in [-0.3, -0.25) is 0 Å². The van der Waals surface area contributed by atoms with Crippen LogP contribution in [0.3, 0.4) is 0 Å². The van der Waals surface area contributed by atoms with Crippen molar-refractivity contribution in [3.63, 3.8) is 0 Å². The number of hydrogen-bond donors (Lipinski definition) is 0. The van der Waals surface area contributed by atoms with Crippen molar-refractivity contribution in [3.05, 3.63) is 24.3 Å². The predicted molar refractivity (Wildman–Crippen MR) is 445 cm³/mol. The molecule has 86 heavy (non-hydrogen) atoms. The first-order valence-corrected chi connectivity index (χ1v) is 93.2. The molecular formula is C57H156O10Si19. The van der Waals surface area contributed by atoms with Gasteiger partial charge in [0.1, 0.15) is 0 Å². The monoisotopic (exact) mass is 1530 g/mol. The molecule has 3 rings (SSSR count). The fraction of sp³-hybridized carbons (Fsp3) is 0.895. The average Bonchev–Trinajstić information content (AvgIpc) is 3.05. The van der Waals surface area contributed by atoms with E-state index in [2.05, 4.69) is 325 Å². The molecule has 2 saturated heterocycles. The normalized spacial score (nSPS) is 20.7. The lowest BCUT2D eigenvalue weighted by molar-refractivity contribution is 0.238. The first-order chi connectivity index (χ1) is 36.6. The van der Waals surface area contributed by atoms with Gasteiger partial charge in [-0.05, 0) is 170 Å². The number of rotatable bonds is 11. The molecule has 10 nitrogen and oxygen atoms in total. The smallest absolute Gasteiger partial charge is 0.314 e. The van der Waals surface area contributed by atoms with Crippen LogP contribution in [0.15, 0.2) is 24.3 Å². The van der Waals surface area contributed by atoms with Gasteiger partial charge in [0, 0.05) is 40.4 Å². The van der Waals surface area contributed by atoms with Crippen molar-refractivity contribution in [2.45, 2.75) is 332 Å². The fourth-order valence-electron chi connectivity index (χ4n) is 9.80. The Balaban J connectivity index is -0.000000296. The molecule has 0 aliphatic carbocycles. The summed E-state index contributed by atoms with van der Waals surface area (Å²) in [4.78, 5) is 0.